The van der Waals surface area contributed by atoms with Crippen molar-refractivity contribution in [3.05, 3.63) is 59.2 Å². The molecule has 0 unspecified atom stereocenters. The lowest BCUT2D eigenvalue weighted by Gasteiger charge is -2.03. The average molecular weight is 331 g/mol. The fourth-order valence-corrected chi connectivity index (χ4v) is 1.75. The molecule has 2 heterocycles. The topological polar surface area (TPSA) is 25.8 Å². The first-order valence-corrected chi connectivity index (χ1v) is 9.25. The van der Waals surface area contributed by atoms with Crippen LogP contribution in [0, 0.1) is 13.8 Å². The maximum absolute atomic E-state index is 4.28. The fourth-order valence-electron chi connectivity index (χ4n) is 1.75. The van der Waals surface area contributed by atoms with E-state index in [1.807, 2.05) is 47.0 Å². The lowest BCUT2D eigenvalue weighted by molar-refractivity contribution is 0.821. The predicted octanol–water partition coefficient (Wildman–Crippen LogP) is 7.08. The number of pyridine rings is 2. The lowest BCUT2D eigenvalue weighted by Crippen LogP contribution is -1.90. The average Bonchev–Trinajstić information content (AvgIpc) is 2.59. The molecule has 2 heteroatoms. The summed E-state index contributed by atoms with van der Waals surface area (Å²) >= 11 is 0. The summed E-state index contributed by atoms with van der Waals surface area (Å²) in [6, 6.07) is 8.38. The van der Waals surface area contributed by atoms with E-state index in [9.17, 15) is 0 Å². The minimum Gasteiger partial charge on any atom is -0.262 e. The number of hydrogen-bond donors (Lipinski definition) is 0. The van der Waals surface area contributed by atoms with Gasteiger partial charge in [-0.15, -0.1) is 0 Å². The fraction of sp³-hybridized carbons (Fsp3) is 0.545. The van der Waals surface area contributed by atoms with E-state index >= 15 is 0 Å². The maximum Gasteiger partial charge on any atom is 0.0429 e. The zero-order valence-corrected chi connectivity index (χ0v) is 17.5. The highest BCUT2D eigenvalue weighted by atomic mass is 14.7. The molecule has 0 saturated heterocycles. The van der Waals surface area contributed by atoms with E-state index in [2.05, 4.69) is 68.9 Å². The summed E-state index contributed by atoms with van der Waals surface area (Å²) in [4.78, 5) is 8.40. The molecule has 0 amide bonds. The molecule has 0 aromatic carbocycles. The van der Waals surface area contributed by atoms with Crippen LogP contribution in [0.15, 0.2) is 36.7 Å². The van der Waals surface area contributed by atoms with E-state index in [0.717, 1.165) is 5.69 Å². The molecule has 0 bridgehead atoms. The summed E-state index contributed by atoms with van der Waals surface area (Å²) in [5, 5.41) is 0. The Morgan fingerprint density at radius 1 is 0.750 bits per heavy atom. The van der Waals surface area contributed by atoms with Crippen LogP contribution in [-0.4, -0.2) is 9.97 Å². The Hall–Kier alpha value is -1.70. The molecule has 0 fully saturated rings. The van der Waals surface area contributed by atoms with Gasteiger partial charge < -0.3 is 0 Å². The molecule has 0 aliphatic carbocycles. The lowest BCUT2D eigenvalue weighted by atomic mass is 10.0. The minimum atomic E-state index is 0.542. The van der Waals surface area contributed by atoms with Gasteiger partial charge in [0.25, 0.3) is 0 Å². The van der Waals surface area contributed by atoms with Gasteiger partial charge in [-0.1, -0.05) is 61.5 Å². The van der Waals surface area contributed by atoms with Crippen molar-refractivity contribution in [2.45, 2.75) is 81.1 Å². The molecule has 136 valence electrons. The summed E-state index contributed by atoms with van der Waals surface area (Å²) in [5.41, 5.74) is 4.87. The third-order valence-electron chi connectivity index (χ3n) is 3.11. The summed E-state index contributed by atoms with van der Waals surface area (Å²) < 4.78 is 0. The smallest absolute Gasteiger partial charge is 0.0429 e. The third kappa shape index (κ3) is 10.9. The van der Waals surface area contributed by atoms with Gasteiger partial charge in [0.1, 0.15) is 0 Å². The van der Waals surface area contributed by atoms with Crippen molar-refractivity contribution in [3.8, 4) is 0 Å². The minimum absolute atomic E-state index is 0.542. The van der Waals surface area contributed by atoms with E-state index in [4.69, 9.17) is 0 Å². The molecule has 0 spiro atoms. The third-order valence-corrected chi connectivity index (χ3v) is 3.11. The van der Waals surface area contributed by atoms with Crippen molar-refractivity contribution >= 4 is 0 Å². The van der Waals surface area contributed by atoms with E-state index in [-0.39, 0.29) is 0 Å². The molecular formula is C22H38N2. The van der Waals surface area contributed by atoms with Gasteiger partial charge in [0.15, 0.2) is 0 Å². The van der Waals surface area contributed by atoms with Gasteiger partial charge in [-0.05, 0) is 55.0 Å². The second-order valence-electron chi connectivity index (χ2n) is 5.80. The number of aromatic nitrogens is 2. The van der Waals surface area contributed by atoms with Crippen molar-refractivity contribution in [2.24, 2.45) is 0 Å². The summed E-state index contributed by atoms with van der Waals surface area (Å²) in [6.45, 7) is 20.8. The van der Waals surface area contributed by atoms with Crippen LogP contribution in [0.2, 0.25) is 0 Å². The molecule has 2 aromatic rings. The first-order valence-electron chi connectivity index (χ1n) is 9.25. The van der Waals surface area contributed by atoms with Crippen molar-refractivity contribution in [2.75, 3.05) is 0 Å². The van der Waals surface area contributed by atoms with Crippen molar-refractivity contribution in [1.29, 1.82) is 0 Å². The van der Waals surface area contributed by atoms with Gasteiger partial charge in [-0.25, -0.2) is 0 Å². The molecule has 0 radical (unpaired) electrons. The molecule has 0 atom stereocenters. The van der Waals surface area contributed by atoms with Gasteiger partial charge in [-0.2, -0.15) is 0 Å². The SMILES string of the molecule is CC.CC.Cc1cc(C(C)C)ccn1.Cc1ccc(C(C)C)nc1. The normalized spacial score (nSPS) is 9.17. The Morgan fingerprint density at radius 3 is 1.67 bits per heavy atom. The Morgan fingerprint density at radius 2 is 1.33 bits per heavy atom. The molecule has 2 aromatic heterocycles. The Bertz CT molecular complexity index is 514. The number of aryl methyl sites for hydroxylation is 2. The number of hydrogen-bond acceptors (Lipinski definition) is 2. The maximum atomic E-state index is 4.28. The first-order chi connectivity index (χ1) is 11.4. The highest BCUT2D eigenvalue weighted by Gasteiger charge is 1.97. The van der Waals surface area contributed by atoms with E-state index in [0.29, 0.717) is 11.8 Å². The molecule has 0 aliphatic heterocycles. The predicted molar refractivity (Wildman–Crippen MR) is 109 cm³/mol. The van der Waals surface area contributed by atoms with Crippen LogP contribution in [0.4, 0.5) is 0 Å². The monoisotopic (exact) mass is 330 g/mol. The van der Waals surface area contributed by atoms with Crippen LogP contribution in [0.1, 0.15) is 89.7 Å². The highest BCUT2D eigenvalue weighted by molar-refractivity contribution is 5.18. The summed E-state index contributed by atoms with van der Waals surface area (Å²) in [7, 11) is 0. The van der Waals surface area contributed by atoms with E-state index < -0.39 is 0 Å². The van der Waals surface area contributed by atoms with Gasteiger partial charge >= 0.3 is 0 Å². The largest absolute Gasteiger partial charge is 0.262 e. The van der Waals surface area contributed by atoms with Gasteiger partial charge in [0.05, 0.1) is 0 Å². The van der Waals surface area contributed by atoms with Crippen LogP contribution in [0.25, 0.3) is 0 Å². The van der Waals surface area contributed by atoms with Crippen LogP contribution in [0.5, 0.6) is 0 Å². The highest BCUT2D eigenvalue weighted by Crippen LogP contribution is 2.13. The Labute approximate surface area is 150 Å². The van der Waals surface area contributed by atoms with Crippen LogP contribution < -0.4 is 0 Å². The second kappa shape index (κ2) is 14.9. The van der Waals surface area contributed by atoms with Gasteiger partial charge in [0.2, 0.25) is 0 Å². The first kappa shape index (κ1) is 24.6. The van der Waals surface area contributed by atoms with E-state index in [1.165, 1.54) is 16.8 Å². The molecular weight excluding hydrogens is 292 g/mol. The van der Waals surface area contributed by atoms with Gasteiger partial charge in [0, 0.05) is 23.8 Å². The molecule has 2 rings (SSSR count). The van der Waals surface area contributed by atoms with Crippen LogP contribution in [-0.2, 0) is 0 Å². The second-order valence-corrected chi connectivity index (χ2v) is 5.80. The molecule has 2 nitrogen and oxygen atoms in total. The van der Waals surface area contributed by atoms with Crippen LogP contribution in [0.3, 0.4) is 0 Å². The Kier molecular flexibility index (Phi) is 15.2. The zero-order chi connectivity index (χ0) is 19.1. The number of rotatable bonds is 2. The molecule has 0 saturated carbocycles. The summed E-state index contributed by atoms with van der Waals surface area (Å²) in [5.74, 6) is 1.15. The van der Waals surface area contributed by atoms with Crippen molar-refractivity contribution in [3.63, 3.8) is 0 Å². The number of nitrogens with zero attached hydrogens (tertiary/aromatic N) is 2. The standard InChI is InChI=1S/2C9H13N.2C2H6/c1-7(2)9-4-5-10-8(3)6-9;1-7(2)9-5-4-8(3)6-10-9;2*1-2/h2*4-7H,1-3H3;2*1-2H3. The van der Waals surface area contributed by atoms with Crippen molar-refractivity contribution in [1.82, 2.24) is 9.97 Å². The van der Waals surface area contributed by atoms with Gasteiger partial charge in [-0.3, -0.25) is 9.97 Å². The molecule has 0 N–H and O–H groups in total. The zero-order valence-electron chi connectivity index (χ0n) is 17.5. The van der Waals surface area contributed by atoms with Crippen LogP contribution >= 0.6 is 0 Å². The van der Waals surface area contributed by atoms with E-state index in [1.54, 1.807) is 0 Å². The Balaban J connectivity index is 0. The molecule has 24 heavy (non-hydrogen) atoms. The summed E-state index contributed by atoms with van der Waals surface area (Å²) in [6.07, 6.45) is 3.78. The van der Waals surface area contributed by atoms with Crippen molar-refractivity contribution < 1.29 is 0 Å². The molecule has 0 aliphatic rings. The quantitative estimate of drug-likeness (QED) is 0.588.